The Morgan fingerprint density at radius 1 is 1.38 bits per heavy atom. The van der Waals surface area contributed by atoms with Crippen LogP contribution in [0.5, 0.6) is 0 Å². The van der Waals surface area contributed by atoms with Gasteiger partial charge in [-0.05, 0) is 19.4 Å². The van der Waals surface area contributed by atoms with Crippen molar-refractivity contribution >= 4 is 34.2 Å². The van der Waals surface area contributed by atoms with Gasteiger partial charge in [-0.3, -0.25) is 4.79 Å². The maximum Gasteiger partial charge on any atom is 0.240 e. The van der Waals surface area contributed by atoms with E-state index in [1.54, 1.807) is 6.92 Å². The minimum atomic E-state index is -0.474. The van der Waals surface area contributed by atoms with Gasteiger partial charge in [0.25, 0.3) is 0 Å². The van der Waals surface area contributed by atoms with E-state index in [1.165, 1.54) is 17.1 Å². The summed E-state index contributed by atoms with van der Waals surface area (Å²) in [6.07, 6.45) is 0.745. The normalized spacial score (nSPS) is 19.4. The van der Waals surface area contributed by atoms with Crippen LogP contribution in [0, 0.1) is 0 Å². The topological polar surface area (TPSA) is 49.3 Å². The summed E-state index contributed by atoms with van der Waals surface area (Å²) >= 11 is 7.36. The van der Waals surface area contributed by atoms with Crippen LogP contribution in [0.1, 0.15) is 25.2 Å². The second kappa shape index (κ2) is 7.49. The van der Waals surface area contributed by atoms with E-state index < -0.39 is 5.38 Å². The molecule has 1 amide bonds. The lowest BCUT2D eigenvalue weighted by molar-refractivity contribution is -0.132. The fourth-order valence-corrected chi connectivity index (χ4v) is 3.76. The highest BCUT2D eigenvalue weighted by Crippen LogP contribution is 2.23. The molecule has 5 nitrogen and oxygen atoms in total. The number of amides is 1. The van der Waals surface area contributed by atoms with Crippen molar-refractivity contribution in [3.05, 3.63) is 41.7 Å². The molecular formula is C17H21ClN4OS. The second-order valence-electron chi connectivity index (χ2n) is 6.10. The maximum atomic E-state index is 12.1. The maximum absolute atomic E-state index is 12.1. The van der Waals surface area contributed by atoms with Crippen molar-refractivity contribution in [3.8, 4) is 0 Å². The molecule has 0 N–H and O–H groups in total. The quantitative estimate of drug-likeness (QED) is 0.783. The zero-order valence-electron chi connectivity index (χ0n) is 13.9. The summed E-state index contributed by atoms with van der Waals surface area (Å²) in [7, 11) is 0. The van der Waals surface area contributed by atoms with Crippen LogP contribution in [0.4, 0.5) is 5.13 Å². The lowest BCUT2D eigenvalue weighted by Crippen LogP contribution is -2.55. The number of anilines is 1. The van der Waals surface area contributed by atoms with Crippen molar-refractivity contribution in [1.82, 2.24) is 14.3 Å². The van der Waals surface area contributed by atoms with Crippen LogP contribution >= 0.6 is 23.1 Å². The van der Waals surface area contributed by atoms with Gasteiger partial charge < -0.3 is 9.80 Å². The van der Waals surface area contributed by atoms with Gasteiger partial charge >= 0.3 is 0 Å². The first-order valence-electron chi connectivity index (χ1n) is 8.10. The van der Waals surface area contributed by atoms with E-state index in [0.717, 1.165) is 30.5 Å². The Labute approximate surface area is 151 Å². The highest BCUT2D eigenvalue weighted by atomic mass is 35.5. The molecule has 3 rings (SSSR count). The van der Waals surface area contributed by atoms with E-state index in [2.05, 4.69) is 33.3 Å². The average Bonchev–Trinajstić information content (AvgIpc) is 3.03. The molecule has 1 aliphatic rings. The van der Waals surface area contributed by atoms with Gasteiger partial charge in [0.1, 0.15) is 11.2 Å². The van der Waals surface area contributed by atoms with E-state index in [1.807, 2.05) is 23.1 Å². The molecule has 0 saturated carbocycles. The molecule has 2 heterocycles. The Bertz CT molecular complexity index is 691. The van der Waals surface area contributed by atoms with Crippen LogP contribution in [-0.4, -0.2) is 51.2 Å². The summed E-state index contributed by atoms with van der Waals surface area (Å²) in [6, 6.07) is 10.3. The van der Waals surface area contributed by atoms with Crippen LogP contribution in [-0.2, 0) is 11.2 Å². The summed E-state index contributed by atoms with van der Waals surface area (Å²) < 4.78 is 4.48. The third-order valence-electron chi connectivity index (χ3n) is 4.18. The van der Waals surface area contributed by atoms with Crippen molar-refractivity contribution in [1.29, 1.82) is 0 Å². The van der Waals surface area contributed by atoms with Gasteiger partial charge in [-0.15, -0.1) is 11.6 Å². The van der Waals surface area contributed by atoms with Gasteiger partial charge in [-0.1, -0.05) is 30.3 Å². The molecule has 1 aromatic heterocycles. The molecule has 128 valence electrons. The van der Waals surface area contributed by atoms with Gasteiger partial charge in [0.05, 0.1) is 0 Å². The number of hydrogen-bond donors (Lipinski definition) is 0. The van der Waals surface area contributed by atoms with E-state index >= 15 is 0 Å². The number of alkyl halides is 1. The number of rotatable bonds is 4. The number of hydrogen-bond acceptors (Lipinski definition) is 5. The second-order valence-corrected chi connectivity index (χ2v) is 7.48. The number of aromatic nitrogens is 2. The Balaban J connectivity index is 1.63. The Hall–Kier alpha value is -1.66. The van der Waals surface area contributed by atoms with Crippen molar-refractivity contribution in [2.24, 2.45) is 0 Å². The highest BCUT2D eigenvalue weighted by Gasteiger charge is 2.30. The first-order chi connectivity index (χ1) is 11.5. The molecule has 24 heavy (non-hydrogen) atoms. The smallest absolute Gasteiger partial charge is 0.240 e. The van der Waals surface area contributed by atoms with Gasteiger partial charge in [0.2, 0.25) is 11.0 Å². The Morgan fingerprint density at radius 2 is 2.12 bits per heavy atom. The Kier molecular flexibility index (Phi) is 5.36. The monoisotopic (exact) mass is 364 g/mol. The van der Waals surface area contributed by atoms with E-state index in [-0.39, 0.29) is 11.9 Å². The van der Waals surface area contributed by atoms with Crippen LogP contribution in [0.25, 0.3) is 0 Å². The molecule has 1 fully saturated rings. The van der Waals surface area contributed by atoms with Gasteiger partial charge in [-0.2, -0.15) is 4.37 Å². The summed E-state index contributed by atoms with van der Waals surface area (Å²) in [4.78, 5) is 20.9. The molecule has 2 atom stereocenters. The average molecular weight is 365 g/mol. The van der Waals surface area contributed by atoms with Crippen molar-refractivity contribution in [2.45, 2.75) is 31.7 Å². The van der Waals surface area contributed by atoms with Crippen LogP contribution < -0.4 is 4.90 Å². The largest absolute Gasteiger partial charge is 0.343 e. The number of halogens is 1. The molecule has 2 aromatic rings. The van der Waals surface area contributed by atoms with Gasteiger partial charge in [0, 0.05) is 43.6 Å². The third-order valence-corrected chi connectivity index (χ3v) is 5.19. The lowest BCUT2D eigenvalue weighted by atomic mass is 10.1. The predicted molar refractivity (Wildman–Crippen MR) is 97.9 cm³/mol. The van der Waals surface area contributed by atoms with E-state index in [0.29, 0.717) is 6.54 Å². The Morgan fingerprint density at radius 3 is 2.79 bits per heavy atom. The fourth-order valence-electron chi connectivity index (χ4n) is 2.91. The first-order valence-corrected chi connectivity index (χ1v) is 9.31. The van der Waals surface area contributed by atoms with Gasteiger partial charge in [0.15, 0.2) is 0 Å². The lowest BCUT2D eigenvalue weighted by Gasteiger charge is -2.40. The first kappa shape index (κ1) is 17.2. The van der Waals surface area contributed by atoms with Crippen molar-refractivity contribution < 1.29 is 4.79 Å². The van der Waals surface area contributed by atoms with E-state index in [9.17, 15) is 4.79 Å². The predicted octanol–water partition coefficient (Wildman–Crippen LogP) is 2.79. The zero-order valence-corrected chi connectivity index (χ0v) is 15.4. The van der Waals surface area contributed by atoms with Crippen LogP contribution in [0.15, 0.2) is 30.3 Å². The molecule has 0 aliphatic carbocycles. The molecule has 1 aromatic carbocycles. The highest BCUT2D eigenvalue weighted by molar-refractivity contribution is 7.09. The summed E-state index contributed by atoms with van der Waals surface area (Å²) in [6.45, 7) is 5.97. The molecule has 0 radical (unpaired) electrons. The number of piperazine rings is 1. The summed E-state index contributed by atoms with van der Waals surface area (Å²) in [5.41, 5.74) is 1.21. The number of carbonyl (C=O) groups excluding carboxylic acids is 1. The zero-order chi connectivity index (χ0) is 17.1. The SMILES string of the molecule is C[C@@H](Cl)C(=O)N1CCN(c2nc(Cc3ccccc3)ns2)C[C@@H]1C. The molecular weight excluding hydrogens is 344 g/mol. The fraction of sp³-hybridized carbons (Fsp3) is 0.471. The number of carbonyl (C=O) groups is 1. The summed E-state index contributed by atoms with van der Waals surface area (Å²) in [5.74, 6) is 0.854. The minimum Gasteiger partial charge on any atom is -0.343 e. The van der Waals surface area contributed by atoms with Crippen molar-refractivity contribution in [3.63, 3.8) is 0 Å². The van der Waals surface area contributed by atoms with Gasteiger partial charge in [-0.25, -0.2) is 4.98 Å². The molecule has 0 bridgehead atoms. The van der Waals surface area contributed by atoms with Crippen LogP contribution in [0.3, 0.4) is 0 Å². The van der Waals surface area contributed by atoms with Crippen molar-refractivity contribution in [2.75, 3.05) is 24.5 Å². The molecule has 1 aliphatic heterocycles. The molecule has 1 saturated heterocycles. The molecule has 0 spiro atoms. The third kappa shape index (κ3) is 3.87. The summed E-state index contributed by atoms with van der Waals surface area (Å²) in [5, 5.41) is 0.455. The van der Waals surface area contributed by atoms with Crippen LogP contribution in [0.2, 0.25) is 0 Å². The minimum absolute atomic E-state index is 0.00541. The standard InChI is InChI=1S/C17H21ClN4OS/c1-12-11-21(8-9-22(12)16(23)13(2)18)17-19-15(20-24-17)10-14-6-4-3-5-7-14/h3-7,12-13H,8-11H2,1-2H3/t12-,13+/m0/s1. The molecule has 7 heteroatoms. The van der Waals surface area contributed by atoms with E-state index in [4.69, 9.17) is 11.6 Å². The molecule has 0 unspecified atom stereocenters. The number of benzene rings is 1. The number of nitrogens with zero attached hydrogens (tertiary/aromatic N) is 4.